The Morgan fingerprint density at radius 2 is 2.18 bits per heavy atom. The summed E-state index contributed by atoms with van der Waals surface area (Å²) < 4.78 is 0. The summed E-state index contributed by atoms with van der Waals surface area (Å²) in [6.07, 6.45) is 0. The first-order valence-electron chi connectivity index (χ1n) is 5.29. The van der Waals surface area contributed by atoms with Crippen LogP contribution >= 0.6 is 22.9 Å². The van der Waals surface area contributed by atoms with Crippen molar-refractivity contribution in [3.63, 3.8) is 0 Å². The highest BCUT2D eigenvalue weighted by molar-refractivity contribution is 7.13. The van der Waals surface area contributed by atoms with Gasteiger partial charge in [0.1, 0.15) is 0 Å². The van der Waals surface area contributed by atoms with Crippen LogP contribution in [0.4, 0.5) is 5.13 Å². The smallest absolute Gasteiger partial charge is 0.185 e. The average Bonchev–Trinajstić information content (AvgIpc) is 2.81. The maximum atomic E-state index is 6.12. The Hall–Kier alpha value is -1.10. The second kappa shape index (κ2) is 5.49. The third kappa shape index (κ3) is 2.97. The van der Waals surface area contributed by atoms with Crippen LogP contribution in [0.25, 0.3) is 0 Å². The summed E-state index contributed by atoms with van der Waals surface area (Å²) >= 11 is 7.72. The lowest BCUT2D eigenvalue weighted by molar-refractivity contribution is 0.900. The second-order valence-electron chi connectivity index (χ2n) is 3.77. The molecule has 17 heavy (non-hydrogen) atoms. The molecule has 0 fully saturated rings. The Morgan fingerprint density at radius 1 is 1.41 bits per heavy atom. The van der Waals surface area contributed by atoms with Crippen LogP contribution in [0.2, 0.25) is 5.02 Å². The molecule has 2 rings (SSSR count). The number of nitrogens with zero attached hydrogens (tertiary/aromatic N) is 2. The van der Waals surface area contributed by atoms with E-state index in [1.54, 1.807) is 11.3 Å². The van der Waals surface area contributed by atoms with Crippen LogP contribution in [0, 0.1) is 0 Å². The van der Waals surface area contributed by atoms with Crippen molar-refractivity contribution in [3.05, 3.63) is 45.9 Å². The number of aromatic nitrogens is 1. The first kappa shape index (κ1) is 12.4. The van der Waals surface area contributed by atoms with E-state index < -0.39 is 0 Å². The Morgan fingerprint density at radius 3 is 2.82 bits per heavy atom. The summed E-state index contributed by atoms with van der Waals surface area (Å²) in [6.45, 7) is 1.23. The molecular formula is C12H14ClN3S. The van der Waals surface area contributed by atoms with Crippen LogP contribution in [0.15, 0.2) is 29.6 Å². The molecule has 0 atom stereocenters. The Kier molecular flexibility index (Phi) is 3.99. The fourth-order valence-electron chi connectivity index (χ4n) is 1.52. The predicted molar refractivity (Wildman–Crippen MR) is 73.6 cm³/mol. The molecule has 0 spiro atoms. The number of nitrogens with two attached hydrogens (primary N) is 1. The van der Waals surface area contributed by atoms with E-state index in [0.717, 1.165) is 28.0 Å². The van der Waals surface area contributed by atoms with Gasteiger partial charge >= 0.3 is 0 Å². The second-order valence-corrected chi connectivity index (χ2v) is 5.02. The van der Waals surface area contributed by atoms with Crippen LogP contribution in [0.5, 0.6) is 0 Å². The van der Waals surface area contributed by atoms with Crippen molar-refractivity contribution in [2.75, 3.05) is 11.9 Å². The number of anilines is 1. The van der Waals surface area contributed by atoms with Gasteiger partial charge in [-0.3, -0.25) is 0 Å². The number of hydrogen-bond donors (Lipinski definition) is 1. The Balaban J connectivity index is 2.11. The van der Waals surface area contributed by atoms with Crippen molar-refractivity contribution in [3.8, 4) is 0 Å². The van der Waals surface area contributed by atoms with E-state index in [4.69, 9.17) is 17.3 Å². The normalized spacial score (nSPS) is 10.5. The fraction of sp³-hybridized carbons (Fsp3) is 0.250. The molecule has 1 heterocycles. The van der Waals surface area contributed by atoms with Gasteiger partial charge in [-0.1, -0.05) is 29.8 Å². The van der Waals surface area contributed by atoms with Crippen molar-refractivity contribution in [1.29, 1.82) is 0 Å². The minimum absolute atomic E-state index is 0.483. The van der Waals surface area contributed by atoms with Crippen molar-refractivity contribution < 1.29 is 0 Å². The largest absolute Gasteiger partial charge is 0.347 e. The Bertz CT molecular complexity index is 498. The first-order valence-corrected chi connectivity index (χ1v) is 6.55. The molecule has 0 saturated carbocycles. The molecule has 0 aliphatic heterocycles. The van der Waals surface area contributed by atoms with Crippen LogP contribution in [-0.4, -0.2) is 12.0 Å². The van der Waals surface area contributed by atoms with Gasteiger partial charge in [-0.25, -0.2) is 4.98 Å². The highest BCUT2D eigenvalue weighted by Gasteiger charge is 2.08. The quantitative estimate of drug-likeness (QED) is 0.926. The van der Waals surface area contributed by atoms with Gasteiger partial charge in [0.05, 0.1) is 5.69 Å². The van der Waals surface area contributed by atoms with E-state index >= 15 is 0 Å². The SMILES string of the molecule is CN(Cc1ccccc1Cl)c1nc(CN)cs1. The highest BCUT2D eigenvalue weighted by Crippen LogP contribution is 2.23. The molecule has 90 valence electrons. The number of thiazole rings is 1. The maximum absolute atomic E-state index is 6.12. The zero-order chi connectivity index (χ0) is 12.3. The molecule has 0 bridgehead atoms. The van der Waals surface area contributed by atoms with Crippen molar-refractivity contribution in [1.82, 2.24) is 4.98 Å². The van der Waals surface area contributed by atoms with Crippen LogP contribution in [0.3, 0.4) is 0 Å². The summed E-state index contributed by atoms with van der Waals surface area (Å²) in [5.41, 5.74) is 7.57. The number of benzene rings is 1. The summed E-state index contributed by atoms with van der Waals surface area (Å²) in [5, 5.41) is 3.73. The molecule has 3 nitrogen and oxygen atoms in total. The molecule has 0 aliphatic carbocycles. The number of hydrogen-bond acceptors (Lipinski definition) is 4. The van der Waals surface area contributed by atoms with Crippen molar-refractivity contribution in [2.24, 2.45) is 5.73 Å². The van der Waals surface area contributed by atoms with Crippen LogP contribution in [-0.2, 0) is 13.1 Å². The molecule has 0 amide bonds. The third-order valence-corrected chi connectivity index (χ3v) is 3.81. The molecular weight excluding hydrogens is 254 g/mol. The molecule has 0 radical (unpaired) electrons. The van der Waals surface area contributed by atoms with Crippen molar-refractivity contribution >= 4 is 28.1 Å². The topological polar surface area (TPSA) is 42.2 Å². The van der Waals surface area contributed by atoms with E-state index in [1.807, 2.05) is 36.7 Å². The lowest BCUT2D eigenvalue weighted by Gasteiger charge is -2.16. The molecule has 0 unspecified atom stereocenters. The van der Waals surface area contributed by atoms with E-state index in [9.17, 15) is 0 Å². The molecule has 2 aromatic rings. The van der Waals surface area contributed by atoms with Crippen LogP contribution < -0.4 is 10.6 Å². The van der Waals surface area contributed by atoms with Gasteiger partial charge in [0.25, 0.3) is 0 Å². The molecule has 2 N–H and O–H groups in total. The average molecular weight is 268 g/mol. The summed E-state index contributed by atoms with van der Waals surface area (Å²) in [6, 6.07) is 7.85. The molecule has 0 saturated heterocycles. The van der Waals surface area contributed by atoms with E-state index in [0.29, 0.717) is 6.54 Å². The monoisotopic (exact) mass is 267 g/mol. The van der Waals surface area contributed by atoms with Gasteiger partial charge < -0.3 is 10.6 Å². The standard InChI is InChI=1S/C12H14ClN3S/c1-16(12-15-10(6-14)8-17-12)7-9-4-2-3-5-11(9)13/h2-5,8H,6-7,14H2,1H3. The van der Waals surface area contributed by atoms with Gasteiger partial charge in [0.2, 0.25) is 0 Å². The van der Waals surface area contributed by atoms with Gasteiger partial charge in [-0.05, 0) is 11.6 Å². The Labute approximate surface area is 110 Å². The van der Waals surface area contributed by atoms with E-state index in [2.05, 4.69) is 9.88 Å². The first-order chi connectivity index (χ1) is 8.20. The van der Waals surface area contributed by atoms with Crippen molar-refractivity contribution in [2.45, 2.75) is 13.1 Å². The highest BCUT2D eigenvalue weighted by atomic mass is 35.5. The predicted octanol–water partition coefficient (Wildman–Crippen LogP) is 2.89. The summed E-state index contributed by atoms with van der Waals surface area (Å²) in [7, 11) is 2.00. The molecule has 1 aromatic carbocycles. The maximum Gasteiger partial charge on any atom is 0.185 e. The van der Waals surface area contributed by atoms with E-state index in [1.165, 1.54) is 0 Å². The minimum Gasteiger partial charge on any atom is -0.347 e. The zero-order valence-electron chi connectivity index (χ0n) is 9.56. The van der Waals surface area contributed by atoms with Gasteiger partial charge in [-0.2, -0.15) is 0 Å². The summed E-state index contributed by atoms with van der Waals surface area (Å²) in [5.74, 6) is 0. The lowest BCUT2D eigenvalue weighted by Crippen LogP contribution is -2.16. The lowest BCUT2D eigenvalue weighted by atomic mass is 10.2. The van der Waals surface area contributed by atoms with Gasteiger partial charge in [0, 0.05) is 30.5 Å². The van der Waals surface area contributed by atoms with Gasteiger partial charge in [0.15, 0.2) is 5.13 Å². The number of halogens is 1. The third-order valence-electron chi connectivity index (χ3n) is 2.44. The molecule has 0 aliphatic rings. The number of rotatable bonds is 4. The molecule has 1 aromatic heterocycles. The van der Waals surface area contributed by atoms with Gasteiger partial charge in [-0.15, -0.1) is 11.3 Å². The molecule has 5 heteroatoms. The zero-order valence-corrected chi connectivity index (χ0v) is 11.1. The summed E-state index contributed by atoms with van der Waals surface area (Å²) in [4.78, 5) is 6.51. The van der Waals surface area contributed by atoms with E-state index in [-0.39, 0.29) is 0 Å². The van der Waals surface area contributed by atoms with Crippen LogP contribution in [0.1, 0.15) is 11.3 Å². The minimum atomic E-state index is 0.483. The fourth-order valence-corrected chi connectivity index (χ4v) is 2.52.